The molecule has 1 amide bonds. The summed E-state index contributed by atoms with van der Waals surface area (Å²) in [6.45, 7) is 1.19. The van der Waals surface area contributed by atoms with Gasteiger partial charge in [0.25, 0.3) is 0 Å². The van der Waals surface area contributed by atoms with E-state index in [1.165, 1.54) is 10.9 Å². The molecule has 1 aromatic carbocycles. The summed E-state index contributed by atoms with van der Waals surface area (Å²) in [6.07, 6.45) is -9.68. The molecule has 174 valence electrons. The van der Waals surface area contributed by atoms with E-state index in [0.717, 1.165) is 4.90 Å². The van der Waals surface area contributed by atoms with E-state index in [2.05, 4.69) is 5.10 Å². The number of benzene rings is 1. The van der Waals surface area contributed by atoms with Crippen molar-refractivity contribution in [3.05, 3.63) is 52.3 Å². The number of carbonyl (C=O) groups excluding carboxylic acids is 2. The first kappa shape index (κ1) is 23.4. The number of fused-ring (bicyclic) bond motifs is 1. The Balaban J connectivity index is 1.73. The van der Waals surface area contributed by atoms with Crippen LogP contribution >= 0.6 is 0 Å². The van der Waals surface area contributed by atoms with Gasteiger partial charge in [0.15, 0.2) is 0 Å². The summed E-state index contributed by atoms with van der Waals surface area (Å²) < 4.78 is 89.2. The Labute approximate surface area is 177 Å². The second-order valence-electron chi connectivity index (χ2n) is 6.84. The number of ether oxygens (including phenoxy) is 2. The van der Waals surface area contributed by atoms with Crippen LogP contribution < -0.4 is 0 Å². The van der Waals surface area contributed by atoms with Crippen LogP contribution in [0.1, 0.15) is 39.7 Å². The third-order valence-corrected chi connectivity index (χ3v) is 4.63. The van der Waals surface area contributed by atoms with Gasteiger partial charge >= 0.3 is 24.4 Å². The third-order valence-electron chi connectivity index (χ3n) is 4.63. The number of hydrogen-bond acceptors (Lipinski definition) is 5. The lowest BCUT2D eigenvalue weighted by Gasteiger charge is -2.27. The third kappa shape index (κ3) is 5.14. The van der Waals surface area contributed by atoms with Crippen LogP contribution in [0.5, 0.6) is 0 Å². The molecule has 0 saturated carbocycles. The molecule has 7 nitrogen and oxygen atoms in total. The van der Waals surface area contributed by atoms with Crippen molar-refractivity contribution in [2.24, 2.45) is 0 Å². The van der Waals surface area contributed by atoms with Crippen LogP contribution in [-0.4, -0.2) is 39.9 Å². The Bertz CT molecular complexity index is 983. The average Bonchev–Trinajstić information content (AvgIpc) is 3.14. The predicted octanol–water partition coefficient (Wildman–Crippen LogP) is 4.25. The van der Waals surface area contributed by atoms with Gasteiger partial charge in [-0.1, -0.05) is 0 Å². The van der Waals surface area contributed by atoms with Crippen LogP contribution in [0.4, 0.5) is 31.1 Å². The summed E-state index contributed by atoms with van der Waals surface area (Å²) in [5, 5.41) is 4.04. The molecule has 0 aliphatic carbocycles. The van der Waals surface area contributed by atoms with Crippen molar-refractivity contribution in [1.29, 1.82) is 0 Å². The Morgan fingerprint density at radius 3 is 2.19 bits per heavy atom. The Morgan fingerprint density at radius 1 is 1.00 bits per heavy atom. The normalized spacial score (nSPS) is 14.2. The van der Waals surface area contributed by atoms with Gasteiger partial charge in [0.1, 0.15) is 12.2 Å². The highest BCUT2D eigenvalue weighted by molar-refractivity contribution is 5.90. The van der Waals surface area contributed by atoms with Crippen molar-refractivity contribution in [3.8, 4) is 0 Å². The molecule has 2 heterocycles. The zero-order chi connectivity index (χ0) is 23.7. The molecule has 3 rings (SSSR count). The lowest BCUT2D eigenvalue weighted by Crippen LogP contribution is -2.39. The number of hydrogen-bond donors (Lipinski definition) is 0. The molecule has 1 aromatic heterocycles. The summed E-state index contributed by atoms with van der Waals surface area (Å²) >= 11 is 0. The van der Waals surface area contributed by atoms with E-state index in [9.17, 15) is 35.9 Å². The second-order valence-corrected chi connectivity index (χ2v) is 6.84. The van der Waals surface area contributed by atoms with Gasteiger partial charge in [0.2, 0.25) is 0 Å². The van der Waals surface area contributed by atoms with Gasteiger partial charge in [-0.25, -0.2) is 9.59 Å². The average molecular weight is 465 g/mol. The van der Waals surface area contributed by atoms with E-state index < -0.39 is 47.7 Å². The summed E-state index contributed by atoms with van der Waals surface area (Å²) in [6, 6.07) is 0.979. The second kappa shape index (κ2) is 8.71. The number of amides is 1. The van der Waals surface area contributed by atoms with Crippen LogP contribution in [-0.2, 0) is 41.5 Å². The topological polar surface area (TPSA) is 73.7 Å². The summed E-state index contributed by atoms with van der Waals surface area (Å²) in [5.74, 6) is -0.632. The van der Waals surface area contributed by atoms with Crippen molar-refractivity contribution < 1.29 is 45.4 Å². The van der Waals surface area contributed by atoms with E-state index in [0.29, 0.717) is 17.8 Å². The van der Waals surface area contributed by atoms with Crippen LogP contribution in [0.3, 0.4) is 0 Å². The smallest absolute Gasteiger partial charge is 0.416 e. The lowest BCUT2D eigenvalue weighted by atomic mass is 10.1. The number of nitrogens with zero attached hydrogens (tertiary/aromatic N) is 3. The van der Waals surface area contributed by atoms with E-state index >= 15 is 0 Å². The maximum atomic E-state index is 13.0. The molecule has 0 spiro atoms. The fourth-order valence-electron chi connectivity index (χ4n) is 3.12. The van der Waals surface area contributed by atoms with Gasteiger partial charge in [-0.3, -0.25) is 4.68 Å². The maximum Gasteiger partial charge on any atom is 0.416 e. The molecule has 0 saturated heterocycles. The van der Waals surface area contributed by atoms with Crippen LogP contribution in [0.15, 0.2) is 24.4 Å². The molecule has 0 radical (unpaired) electrons. The standard InChI is InChI=1S/C19H17F6N3O4/c1-2-31-16(29)14-8-26-28-4-3-27(9-15(14)28)17(30)32-10-11-5-12(18(20,21)22)7-13(6-11)19(23,24)25/h5-8H,2-4,9-10H2,1H3. The summed E-state index contributed by atoms with van der Waals surface area (Å²) in [4.78, 5) is 25.5. The van der Waals surface area contributed by atoms with Gasteiger partial charge in [-0.2, -0.15) is 31.4 Å². The van der Waals surface area contributed by atoms with Crippen LogP contribution in [0.2, 0.25) is 0 Å². The lowest BCUT2D eigenvalue weighted by molar-refractivity contribution is -0.143. The molecule has 0 atom stereocenters. The molecule has 1 aliphatic rings. The van der Waals surface area contributed by atoms with Crippen molar-refractivity contribution in [1.82, 2.24) is 14.7 Å². The number of halogens is 6. The zero-order valence-corrected chi connectivity index (χ0v) is 16.6. The monoisotopic (exact) mass is 465 g/mol. The van der Waals surface area contributed by atoms with Crippen molar-refractivity contribution >= 4 is 12.1 Å². The van der Waals surface area contributed by atoms with Gasteiger partial charge in [0.05, 0.1) is 42.7 Å². The molecule has 0 fully saturated rings. The molecule has 2 aromatic rings. The summed E-state index contributed by atoms with van der Waals surface area (Å²) in [5.41, 5.74) is -2.93. The molecule has 32 heavy (non-hydrogen) atoms. The highest BCUT2D eigenvalue weighted by Gasteiger charge is 2.37. The minimum Gasteiger partial charge on any atom is -0.462 e. The number of alkyl halides is 6. The number of carbonyl (C=O) groups is 2. The zero-order valence-electron chi connectivity index (χ0n) is 16.6. The Kier molecular flexibility index (Phi) is 6.37. The Hall–Kier alpha value is -3.25. The van der Waals surface area contributed by atoms with Crippen molar-refractivity contribution in [2.75, 3.05) is 13.2 Å². The van der Waals surface area contributed by atoms with Gasteiger partial charge in [-0.05, 0) is 30.7 Å². The van der Waals surface area contributed by atoms with Crippen molar-refractivity contribution in [2.45, 2.75) is 39.0 Å². The fraction of sp³-hybridized carbons (Fsp3) is 0.421. The molecular formula is C19H17F6N3O4. The summed E-state index contributed by atoms with van der Waals surface area (Å²) in [7, 11) is 0. The SMILES string of the molecule is CCOC(=O)c1cnn2c1CN(C(=O)OCc1cc(C(F)(F)F)cc(C(F)(F)F)c1)CC2. The molecule has 1 aliphatic heterocycles. The van der Waals surface area contributed by atoms with E-state index in [1.54, 1.807) is 6.92 Å². The first-order valence-corrected chi connectivity index (χ1v) is 9.32. The van der Waals surface area contributed by atoms with E-state index in [1.807, 2.05) is 0 Å². The molecule has 0 bridgehead atoms. The number of rotatable bonds is 4. The quantitative estimate of drug-likeness (QED) is 0.499. The first-order chi connectivity index (χ1) is 14.9. The fourth-order valence-corrected chi connectivity index (χ4v) is 3.12. The van der Waals surface area contributed by atoms with E-state index in [4.69, 9.17) is 9.47 Å². The molecular weight excluding hydrogens is 448 g/mol. The molecule has 0 unspecified atom stereocenters. The van der Waals surface area contributed by atoms with Crippen LogP contribution in [0, 0.1) is 0 Å². The number of esters is 1. The maximum absolute atomic E-state index is 13.0. The van der Waals surface area contributed by atoms with Gasteiger partial charge in [0, 0.05) is 6.54 Å². The van der Waals surface area contributed by atoms with E-state index in [-0.39, 0.29) is 37.9 Å². The highest BCUT2D eigenvalue weighted by atomic mass is 19.4. The first-order valence-electron chi connectivity index (χ1n) is 9.32. The van der Waals surface area contributed by atoms with Gasteiger partial charge in [-0.15, -0.1) is 0 Å². The van der Waals surface area contributed by atoms with Crippen LogP contribution in [0.25, 0.3) is 0 Å². The Morgan fingerprint density at radius 2 is 1.62 bits per heavy atom. The van der Waals surface area contributed by atoms with Crippen molar-refractivity contribution in [3.63, 3.8) is 0 Å². The molecule has 13 heteroatoms. The highest BCUT2D eigenvalue weighted by Crippen LogP contribution is 2.36. The van der Waals surface area contributed by atoms with Gasteiger partial charge < -0.3 is 14.4 Å². The predicted molar refractivity (Wildman–Crippen MR) is 95.2 cm³/mol. The largest absolute Gasteiger partial charge is 0.462 e. The number of aromatic nitrogens is 2. The molecule has 0 N–H and O–H groups in total. The minimum atomic E-state index is -5.01. The minimum absolute atomic E-state index is 0.00593.